The van der Waals surface area contributed by atoms with Crippen molar-refractivity contribution < 1.29 is 9.90 Å². The summed E-state index contributed by atoms with van der Waals surface area (Å²) in [6.45, 7) is 4.81. The number of aliphatic carboxylic acids is 1. The number of nitrogens with two attached hydrogens (primary N) is 2. The molecule has 120 valence electrons. The first-order valence-corrected chi connectivity index (χ1v) is 7.61. The van der Waals surface area contributed by atoms with Crippen LogP contribution in [0.1, 0.15) is 32.1 Å². The molecule has 8 N–H and O–H groups in total. The summed E-state index contributed by atoms with van der Waals surface area (Å²) in [4.78, 5) is 11.1. The van der Waals surface area contributed by atoms with Gasteiger partial charge in [-0.3, -0.25) is 10.6 Å². The molecule has 5 atom stereocenters. The summed E-state index contributed by atoms with van der Waals surface area (Å²) in [6.07, 6.45) is 4.22. The number of carboxylic acids is 1. The van der Waals surface area contributed by atoms with E-state index in [2.05, 4.69) is 22.6 Å². The molecule has 1 aliphatic carbocycles. The third kappa shape index (κ3) is 4.41. The van der Waals surface area contributed by atoms with Crippen LogP contribution in [0.4, 0.5) is 0 Å². The van der Waals surface area contributed by atoms with Crippen molar-refractivity contribution in [3.05, 3.63) is 12.3 Å². The fraction of sp³-hybridized carbons (Fsp3) is 0.786. The molecule has 4 unspecified atom stereocenters. The molecule has 1 saturated carbocycles. The average molecular weight is 297 g/mol. The lowest BCUT2D eigenvalue weighted by Gasteiger charge is -2.42. The molecule has 1 saturated heterocycles. The summed E-state index contributed by atoms with van der Waals surface area (Å²) in [5.41, 5.74) is 9.11. The third-order valence-corrected chi connectivity index (χ3v) is 4.69. The van der Waals surface area contributed by atoms with Gasteiger partial charge in [0.25, 0.3) is 0 Å². The van der Waals surface area contributed by atoms with Crippen LogP contribution in [0.3, 0.4) is 0 Å². The van der Waals surface area contributed by atoms with E-state index in [0.29, 0.717) is 30.7 Å². The van der Waals surface area contributed by atoms with E-state index in [1.807, 2.05) is 0 Å². The maximum Gasteiger partial charge on any atom is 0.320 e. The smallest absolute Gasteiger partial charge is 0.320 e. The molecule has 2 fully saturated rings. The monoisotopic (exact) mass is 297 g/mol. The van der Waals surface area contributed by atoms with Crippen LogP contribution >= 0.6 is 0 Å². The number of nitrogens with one attached hydrogen (secondary N) is 3. The van der Waals surface area contributed by atoms with Crippen molar-refractivity contribution >= 4 is 5.97 Å². The lowest BCUT2D eigenvalue weighted by molar-refractivity contribution is -0.141. The zero-order valence-electron chi connectivity index (χ0n) is 12.3. The predicted molar refractivity (Wildman–Crippen MR) is 80.9 cm³/mol. The number of carboxylic acid groups (broad SMARTS) is 1. The van der Waals surface area contributed by atoms with E-state index in [0.717, 1.165) is 31.5 Å². The summed E-state index contributed by atoms with van der Waals surface area (Å²) >= 11 is 0. The Hall–Kier alpha value is -1.15. The summed E-state index contributed by atoms with van der Waals surface area (Å²) in [6, 6.07) is -0.0423. The highest BCUT2D eigenvalue weighted by molar-refractivity contribution is 5.73. The Bertz CT molecular complexity index is 390. The van der Waals surface area contributed by atoms with Crippen LogP contribution in [-0.2, 0) is 4.79 Å². The fourth-order valence-corrected chi connectivity index (χ4v) is 3.56. The lowest BCUT2D eigenvalue weighted by atomic mass is 9.72. The lowest BCUT2D eigenvalue weighted by Crippen LogP contribution is -2.51. The van der Waals surface area contributed by atoms with Crippen molar-refractivity contribution in [1.29, 1.82) is 0 Å². The Morgan fingerprint density at radius 2 is 2.14 bits per heavy atom. The van der Waals surface area contributed by atoms with E-state index in [4.69, 9.17) is 16.7 Å². The van der Waals surface area contributed by atoms with Crippen molar-refractivity contribution in [2.45, 2.75) is 50.4 Å². The zero-order chi connectivity index (χ0) is 15.4. The maximum atomic E-state index is 11.1. The van der Waals surface area contributed by atoms with E-state index < -0.39 is 12.0 Å². The van der Waals surface area contributed by atoms with Crippen molar-refractivity contribution in [3.8, 4) is 0 Å². The molecule has 7 nitrogen and oxygen atoms in total. The Morgan fingerprint density at radius 1 is 1.38 bits per heavy atom. The quantitative estimate of drug-likeness (QED) is 0.221. The van der Waals surface area contributed by atoms with E-state index in [1.165, 1.54) is 0 Å². The Kier molecular flexibility index (Phi) is 5.58. The molecule has 2 rings (SSSR count). The SMILES string of the molecule is C=C(CC(N)NN)N[C@H]1CCC2CNC(C(=O)O)CC2C1. The molecule has 21 heavy (non-hydrogen) atoms. The van der Waals surface area contributed by atoms with Gasteiger partial charge in [0.15, 0.2) is 0 Å². The van der Waals surface area contributed by atoms with Gasteiger partial charge in [-0.15, -0.1) is 0 Å². The van der Waals surface area contributed by atoms with Gasteiger partial charge in [0.1, 0.15) is 6.04 Å². The highest BCUT2D eigenvalue weighted by Crippen LogP contribution is 2.36. The first-order valence-electron chi connectivity index (χ1n) is 7.61. The number of rotatable bonds is 6. The van der Waals surface area contributed by atoms with Crippen LogP contribution in [0.25, 0.3) is 0 Å². The minimum absolute atomic E-state index is 0.295. The molecule has 0 aromatic carbocycles. The van der Waals surface area contributed by atoms with Crippen molar-refractivity contribution in [2.24, 2.45) is 23.4 Å². The highest BCUT2D eigenvalue weighted by atomic mass is 16.4. The van der Waals surface area contributed by atoms with Gasteiger partial charge < -0.3 is 21.5 Å². The van der Waals surface area contributed by atoms with Gasteiger partial charge in [0, 0.05) is 18.2 Å². The van der Waals surface area contributed by atoms with Crippen LogP contribution in [0, 0.1) is 11.8 Å². The Balaban J connectivity index is 1.82. The third-order valence-electron chi connectivity index (χ3n) is 4.69. The first-order chi connectivity index (χ1) is 9.99. The first kappa shape index (κ1) is 16.2. The minimum atomic E-state index is -0.743. The van der Waals surface area contributed by atoms with Gasteiger partial charge in [-0.05, 0) is 44.1 Å². The van der Waals surface area contributed by atoms with E-state index in [9.17, 15) is 4.79 Å². The van der Waals surface area contributed by atoms with Crippen LogP contribution in [-0.4, -0.2) is 35.9 Å². The molecular weight excluding hydrogens is 270 g/mol. The second kappa shape index (κ2) is 7.22. The predicted octanol–water partition coefficient (Wildman–Crippen LogP) is -0.541. The normalized spacial score (nSPS) is 33.8. The number of piperidine rings is 1. The van der Waals surface area contributed by atoms with Gasteiger partial charge in [0.05, 0.1) is 6.17 Å². The van der Waals surface area contributed by atoms with Gasteiger partial charge >= 0.3 is 5.97 Å². The number of hydrogen-bond acceptors (Lipinski definition) is 6. The average Bonchev–Trinajstić information content (AvgIpc) is 2.46. The van der Waals surface area contributed by atoms with E-state index >= 15 is 0 Å². The highest BCUT2D eigenvalue weighted by Gasteiger charge is 2.37. The summed E-state index contributed by atoms with van der Waals surface area (Å²) in [5.74, 6) is 5.60. The summed E-state index contributed by atoms with van der Waals surface area (Å²) in [5, 5.41) is 15.7. The van der Waals surface area contributed by atoms with Crippen LogP contribution in [0.2, 0.25) is 0 Å². The molecule has 0 spiro atoms. The largest absolute Gasteiger partial charge is 0.480 e. The van der Waals surface area contributed by atoms with E-state index in [-0.39, 0.29) is 6.17 Å². The topological polar surface area (TPSA) is 125 Å². The zero-order valence-corrected chi connectivity index (χ0v) is 12.3. The molecule has 1 aliphatic heterocycles. The molecule has 0 aromatic heterocycles. The molecule has 0 bridgehead atoms. The molecule has 1 heterocycles. The molecule has 2 aliphatic rings. The van der Waals surface area contributed by atoms with Crippen LogP contribution in [0.15, 0.2) is 12.3 Å². The second-order valence-electron chi connectivity index (χ2n) is 6.29. The Morgan fingerprint density at radius 3 is 2.81 bits per heavy atom. The molecule has 0 radical (unpaired) electrons. The van der Waals surface area contributed by atoms with Gasteiger partial charge in [-0.1, -0.05) is 6.58 Å². The molecular formula is C14H27N5O2. The number of hydrogen-bond donors (Lipinski definition) is 6. The van der Waals surface area contributed by atoms with Crippen molar-refractivity contribution in [3.63, 3.8) is 0 Å². The standard InChI is InChI=1S/C14H27N5O2/c1-8(4-13(15)19-16)18-11-3-2-9-7-17-12(14(20)21)6-10(9)5-11/h9-13,17-19H,1-7,15-16H2,(H,20,21)/t9?,10?,11-,12?,13?/m0/s1. The molecule has 0 aromatic rings. The Labute approximate surface area is 125 Å². The van der Waals surface area contributed by atoms with Crippen molar-refractivity contribution in [2.75, 3.05) is 6.54 Å². The van der Waals surface area contributed by atoms with Crippen LogP contribution < -0.4 is 27.6 Å². The van der Waals surface area contributed by atoms with Crippen molar-refractivity contribution in [1.82, 2.24) is 16.1 Å². The second-order valence-corrected chi connectivity index (χ2v) is 6.29. The number of carbonyl (C=O) groups is 1. The van der Waals surface area contributed by atoms with E-state index in [1.54, 1.807) is 0 Å². The maximum absolute atomic E-state index is 11.1. The number of fused-ring (bicyclic) bond motifs is 1. The number of hydrazine groups is 1. The molecule has 7 heteroatoms. The van der Waals surface area contributed by atoms with Gasteiger partial charge in [-0.25, -0.2) is 5.43 Å². The summed E-state index contributed by atoms with van der Waals surface area (Å²) < 4.78 is 0. The molecule has 0 amide bonds. The van der Waals surface area contributed by atoms with Gasteiger partial charge in [-0.2, -0.15) is 0 Å². The summed E-state index contributed by atoms with van der Waals surface area (Å²) in [7, 11) is 0. The van der Waals surface area contributed by atoms with Crippen LogP contribution in [0.5, 0.6) is 0 Å². The fourth-order valence-electron chi connectivity index (χ4n) is 3.56. The van der Waals surface area contributed by atoms with Gasteiger partial charge in [0.2, 0.25) is 0 Å². The minimum Gasteiger partial charge on any atom is -0.480 e.